The van der Waals surface area contributed by atoms with E-state index >= 15 is 0 Å². The molecule has 0 saturated carbocycles. The van der Waals surface area contributed by atoms with Crippen molar-refractivity contribution in [2.75, 3.05) is 13.1 Å². The molecule has 0 spiro atoms. The summed E-state index contributed by atoms with van der Waals surface area (Å²) in [5.41, 5.74) is 3.52. The Morgan fingerprint density at radius 1 is 1.27 bits per heavy atom. The van der Waals surface area contributed by atoms with E-state index in [-0.39, 0.29) is 0 Å². The quantitative estimate of drug-likeness (QED) is 0.747. The average molecular weight is 219 g/mol. The lowest BCUT2D eigenvalue weighted by molar-refractivity contribution is 0.942. The minimum absolute atomic E-state index is 0.811. The Kier molecular flexibility index (Phi) is 1.99. The molecule has 1 saturated heterocycles. The van der Waals surface area contributed by atoms with E-state index in [1.165, 1.54) is 11.3 Å². The number of rotatable bonds is 1. The van der Waals surface area contributed by atoms with Gasteiger partial charge in [0.05, 0.1) is 17.4 Å². The van der Waals surface area contributed by atoms with Gasteiger partial charge in [-0.3, -0.25) is 0 Å². The van der Waals surface area contributed by atoms with Crippen LogP contribution in [0.25, 0.3) is 10.3 Å². The third-order valence-corrected chi connectivity index (χ3v) is 2.87. The van der Waals surface area contributed by atoms with Crippen LogP contribution in [0.2, 0.25) is 0 Å². The molecule has 0 unspecified atom stereocenters. The SMILES string of the molecule is c1nc2cc(N=C3NCCN3)cnc2s1. The lowest BCUT2D eigenvalue weighted by Crippen LogP contribution is -2.23. The van der Waals surface area contributed by atoms with Gasteiger partial charge >= 0.3 is 0 Å². The molecule has 76 valence electrons. The van der Waals surface area contributed by atoms with Gasteiger partial charge in [0.2, 0.25) is 0 Å². The number of nitrogens with zero attached hydrogens (tertiary/aromatic N) is 3. The van der Waals surface area contributed by atoms with E-state index in [0.29, 0.717) is 0 Å². The molecule has 2 N–H and O–H groups in total. The normalized spacial score (nSPS) is 15.1. The second-order valence-corrected chi connectivity index (χ2v) is 4.02. The summed E-state index contributed by atoms with van der Waals surface area (Å²) in [5, 5.41) is 6.28. The summed E-state index contributed by atoms with van der Waals surface area (Å²) >= 11 is 1.54. The van der Waals surface area contributed by atoms with Crippen molar-refractivity contribution in [1.29, 1.82) is 0 Å². The molecular weight excluding hydrogens is 210 g/mol. The van der Waals surface area contributed by atoms with Crippen molar-refractivity contribution in [3.05, 3.63) is 17.8 Å². The highest BCUT2D eigenvalue weighted by Crippen LogP contribution is 2.20. The molecule has 0 aliphatic carbocycles. The first-order valence-corrected chi connectivity index (χ1v) is 5.55. The van der Waals surface area contributed by atoms with Gasteiger partial charge in [0.15, 0.2) is 5.96 Å². The van der Waals surface area contributed by atoms with Gasteiger partial charge in [-0.05, 0) is 6.07 Å². The van der Waals surface area contributed by atoms with Gasteiger partial charge < -0.3 is 10.6 Å². The van der Waals surface area contributed by atoms with E-state index in [1.807, 2.05) is 6.07 Å². The molecule has 1 fully saturated rings. The van der Waals surface area contributed by atoms with E-state index in [9.17, 15) is 0 Å². The van der Waals surface area contributed by atoms with Crippen LogP contribution in [0.15, 0.2) is 22.8 Å². The summed E-state index contributed by atoms with van der Waals surface area (Å²) in [7, 11) is 0. The molecule has 2 aromatic rings. The van der Waals surface area contributed by atoms with Crippen molar-refractivity contribution in [3.63, 3.8) is 0 Å². The Hall–Kier alpha value is -1.69. The fourth-order valence-corrected chi connectivity index (χ4v) is 2.05. The molecule has 6 heteroatoms. The van der Waals surface area contributed by atoms with Gasteiger partial charge in [-0.15, -0.1) is 11.3 Å². The molecular formula is C9H9N5S. The lowest BCUT2D eigenvalue weighted by Gasteiger charge is -1.98. The Morgan fingerprint density at radius 2 is 2.13 bits per heavy atom. The van der Waals surface area contributed by atoms with Crippen LogP contribution >= 0.6 is 11.3 Å². The Labute approximate surface area is 90.3 Å². The summed E-state index contributed by atoms with van der Waals surface area (Å²) in [4.78, 5) is 13.8. The standard InChI is InChI=1S/C9H9N5S/c1-2-11-9(10-1)14-6-3-7-8(12-4-6)15-5-13-7/h3-5H,1-2H2,(H2,10,11,14). The number of nitrogens with one attached hydrogen (secondary N) is 2. The van der Waals surface area contributed by atoms with Crippen molar-refractivity contribution < 1.29 is 0 Å². The van der Waals surface area contributed by atoms with Gasteiger partial charge in [0, 0.05) is 13.1 Å². The van der Waals surface area contributed by atoms with Crippen molar-refractivity contribution in [3.8, 4) is 0 Å². The highest BCUT2D eigenvalue weighted by atomic mass is 32.1. The molecule has 0 radical (unpaired) electrons. The van der Waals surface area contributed by atoms with E-state index in [2.05, 4.69) is 25.6 Å². The number of pyridine rings is 1. The molecule has 1 aliphatic heterocycles. The van der Waals surface area contributed by atoms with Crippen LogP contribution in [0.1, 0.15) is 0 Å². The first-order valence-electron chi connectivity index (χ1n) is 4.67. The van der Waals surface area contributed by atoms with Crippen LogP contribution in [0.4, 0.5) is 5.69 Å². The van der Waals surface area contributed by atoms with Crippen molar-refractivity contribution in [2.45, 2.75) is 0 Å². The largest absolute Gasteiger partial charge is 0.354 e. The average Bonchev–Trinajstić information content (AvgIpc) is 2.87. The third-order valence-electron chi connectivity index (χ3n) is 2.12. The van der Waals surface area contributed by atoms with E-state index in [0.717, 1.165) is 35.1 Å². The number of hydrogen-bond acceptors (Lipinski definition) is 4. The van der Waals surface area contributed by atoms with E-state index in [1.54, 1.807) is 11.7 Å². The zero-order chi connectivity index (χ0) is 10.1. The first kappa shape index (κ1) is 8.60. The molecule has 0 bridgehead atoms. The fraction of sp³-hybridized carbons (Fsp3) is 0.222. The van der Waals surface area contributed by atoms with Crippen LogP contribution in [-0.2, 0) is 0 Å². The summed E-state index contributed by atoms with van der Waals surface area (Å²) in [6, 6.07) is 1.94. The summed E-state index contributed by atoms with van der Waals surface area (Å²) in [5.74, 6) is 0.811. The van der Waals surface area contributed by atoms with Gasteiger partial charge in [0.1, 0.15) is 10.3 Å². The maximum Gasteiger partial charge on any atom is 0.196 e. The highest BCUT2D eigenvalue weighted by molar-refractivity contribution is 7.16. The van der Waals surface area contributed by atoms with Crippen LogP contribution < -0.4 is 10.6 Å². The molecule has 0 atom stereocenters. The van der Waals surface area contributed by atoms with Gasteiger partial charge in [-0.2, -0.15) is 0 Å². The van der Waals surface area contributed by atoms with E-state index < -0.39 is 0 Å². The number of thiazole rings is 1. The first-order chi connectivity index (χ1) is 7.42. The maximum atomic E-state index is 4.38. The molecule has 0 aromatic carbocycles. The zero-order valence-electron chi connectivity index (χ0n) is 7.90. The van der Waals surface area contributed by atoms with E-state index in [4.69, 9.17) is 0 Å². The van der Waals surface area contributed by atoms with Gasteiger partial charge in [-0.1, -0.05) is 0 Å². The molecule has 1 aliphatic rings. The van der Waals surface area contributed by atoms with Crippen LogP contribution in [0.5, 0.6) is 0 Å². The second-order valence-electron chi connectivity index (χ2n) is 3.18. The Balaban J connectivity index is 2.00. The number of aromatic nitrogens is 2. The monoisotopic (exact) mass is 219 g/mol. The van der Waals surface area contributed by atoms with Crippen LogP contribution in [-0.4, -0.2) is 29.0 Å². The highest BCUT2D eigenvalue weighted by Gasteiger charge is 2.05. The summed E-state index contributed by atoms with van der Waals surface area (Å²) in [6.45, 7) is 1.84. The van der Waals surface area contributed by atoms with Gasteiger partial charge in [-0.25, -0.2) is 15.0 Å². The number of aliphatic imine (C=N–C) groups is 1. The Morgan fingerprint density at radius 3 is 3.00 bits per heavy atom. The zero-order valence-corrected chi connectivity index (χ0v) is 8.71. The maximum absolute atomic E-state index is 4.38. The lowest BCUT2D eigenvalue weighted by atomic mass is 10.4. The Bertz CT molecular complexity index is 510. The topological polar surface area (TPSA) is 62.2 Å². The minimum Gasteiger partial charge on any atom is -0.354 e. The summed E-state index contributed by atoms with van der Waals surface area (Å²) in [6.07, 6.45) is 1.76. The molecule has 3 heterocycles. The van der Waals surface area contributed by atoms with Crippen LogP contribution in [0.3, 0.4) is 0 Å². The molecule has 3 rings (SSSR count). The number of fused-ring (bicyclic) bond motifs is 1. The van der Waals surface area contributed by atoms with Crippen molar-refractivity contribution >= 4 is 33.3 Å². The predicted molar refractivity (Wildman–Crippen MR) is 60.5 cm³/mol. The molecule has 0 amide bonds. The summed E-state index contributed by atoms with van der Waals surface area (Å²) < 4.78 is 0. The smallest absolute Gasteiger partial charge is 0.196 e. The van der Waals surface area contributed by atoms with Crippen molar-refractivity contribution in [2.24, 2.45) is 4.99 Å². The van der Waals surface area contributed by atoms with Gasteiger partial charge in [0.25, 0.3) is 0 Å². The molecule has 2 aromatic heterocycles. The number of guanidine groups is 1. The third kappa shape index (κ3) is 1.63. The molecule has 15 heavy (non-hydrogen) atoms. The van der Waals surface area contributed by atoms with Crippen molar-refractivity contribution in [1.82, 2.24) is 20.6 Å². The number of hydrogen-bond donors (Lipinski definition) is 2. The molecule has 5 nitrogen and oxygen atoms in total. The van der Waals surface area contributed by atoms with Crippen LogP contribution in [0, 0.1) is 0 Å². The predicted octanol–water partition coefficient (Wildman–Crippen LogP) is 0.872. The minimum atomic E-state index is 0.811. The fourth-order valence-electron chi connectivity index (χ4n) is 1.44. The second kappa shape index (κ2) is 3.47.